The van der Waals surface area contributed by atoms with Gasteiger partial charge in [0.05, 0.1) is 5.69 Å². The van der Waals surface area contributed by atoms with Crippen LogP contribution in [0.15, 0.2) is 30.3 Å². The van der Waals surface area contributed by atoms with Crippen molar-refractivity contribution in [3.8, 4) is 11.8 Å². The topological polar surface area (TPSA) is 103 Å². The Balaban J connectivity index is 1.13. The van der Waals surface area contributed by atoms with E-state index in [1.165, 1.54) is 0 Å². The molecule has 1 saturated carbocycles. The molecule has 0 bridgehead atoms. The van der Waals surface area contributed by atoms with Crippen molar-refractivity contribution in [3.05, 3.63) is 58.4 Å². The number of piperazine rings is 1. The summed E-state index contributed by atoms with van der Waals surface area (Å²) in [6.07, 6.45) is 8.42. The number of amides is 2. The average Bonchev–Trinajstić information content (AvgIpc) is 3.39. The number of anilines is 1. The Kier molecular flexibility index (Phi) is 10.4. The van der Waals surface area contributed by atoms with Crippen LogP contribution >= 0.6 is 0 Å². The number of nitrogens with zero attached hydrogens (tertiary/aromatic N) is 4. The summed E-state index contributed by atoms with van der Waals surface area (Å²) in [7, 11) is 1.56. The minimum atomic E-state index is -0.650. The van der Waals surface area contributed by atoms with Crippen molar-refractivity contribution in [1.29, 1.82) is 0 Å². The summed E-state index contributed by atoms with van der Waals surface area (Å²) in [5.41, 5.74) is 4.94. The van der Waals surface area contributed by atoms with Gasteiger partial charge in [-0.2, -0.15) is 0 Å². The summed E-state index contributed by atoms with van der Waals surface area (Å²) in [6.45, 7) is 6.33. The van der Waals surface area contributed by atoms with E-state index in [0.29, 0.717) is 36.1 Å². The predicted octanol–water partition coefficient (Wildman–Crippen LogP) is 3.63. The molecule has 1 N–H and O–H groups in total. The van der Waals surface area contributed by atoms with E-state index in [9.17, 15) is 19.2 Å². The van der Waals surface area contributed by atoms with Crippen molar-refractivity contribution < 1.29 is 19.2 Å². The van der Waals surface area contributed by atoms with Gasteiger partial charge in [0.25, 0.3) is 5.91 Å². The Morgan fingerprint density at radius 1 is 1.09 bits per heavy atom. The molecule has 1 aliphatic carbocycles. The molecule has 3 aliphatic rings. The summed E-state index contributed by atoms with van der Waals surface area (Å²) in [6, 6.07) is 9.63. The molecule has 1 unspecified atom stereocenters. The van der Waals surface area contributed by atoms with Crippen LogP contribution in [0.4, 0.5) is 5.69 Å². The number of likely N-dealkylation sites (N-methyl/N-ethyl adjacent to an activating group) is 1. The fraction of sp³-hybridized carbons (Fsp3) is 0.514. The third kappa shape index (κ3) is 7.02. The number of rotatable bonds is 10. The minimum Gasteiger partial charge on any atom is -0.369 e. The number of carbonyl (C=O) groups excluding carboxylic acids is 4. The second kappa shape index (κ2) is 14.6. The first-order chi connectivity index (χ1) is 21.4. The van der Waals surface area contributed by atoms with Gasteiger partial charge in [-0.1, -0.05) is 19.3 Å². The van der Waals surface area contributed by atoms with Crippen molar-refractivity contribution in [2.24, 2.45) is 5.92 Å². The van der Waals surface area contributed by atoms with Crippen LogP contribution in [0.5, 0.6) is 0 Å². The molecule has 44 heavy (non-hydrogen) atoms. The summed E-state index contributed by atoms with van der Waals surface area (Å²) in [5, 5.41) is 2.64. The molecule has 5 rings (SSSR count). The number of aromatic nitrogens is 1. The van der Waals surface area contributed by atoms with E-state index in [1.54, 1.807) is 11.9 Å². The number of pyridine rings is 1. The average molecular weight is 598 g/mol. The van der Waals surface area contributed by atoms with Crippen molar-refractivity contribution in [3.63, 3.8) is 0 Å². The number of benzene rings is 1. The Morgan fingerprint density at radius 3 is 2.55 bits per heavy atom. The zero-order valence-corrected chi connectivity index (χ0v) is 25.9. The Bertz CT molecular complexity index is 1430. The summed E-state index contributed by atoms with van der Waals surface area (Å²) in [4.78, 5) is 59.1. The summed E-state index contributed by atoms with van der Waals surface area (Å²) >= 11 is 0. The van der Waals surface area contributed by atoms with E-state index in [1.807, 2.05) is 24.3 Å². The summed E-state index contributed by atoms with van der Waals surface area (Å²) < 4.78 is 0. The van der Waals surface area contributed by atoms with Crippen LogP contribution in [0.3, 0.4) is 0 Å². The molecule has 1 aromatic heterocycles. The van der Waals surface area contributed by atoms with Crippen LogP contribution in [-0.2, 0) is 22.6 Å². The number of fused-ring (bicyclic) bond motifs is 1. The van der Waals surface area contributed by atoms with E-state index in [0.717, 1.165) is 99.9 Å². The third-order valence-electron chi connectivity index (χ3n) is 9.32. The molecule has 1 aromatic carbocycles. The van der Waals surface area contributed by atoms with Crippen LogP contribution < -0.4 is 10.2 Å². The maximum absolute atomic E-state index is 13.1. The normalized spacial score (nSPS) is 20.8. The zero-order valence-electron chi connectivity index (χ0n) is 25.9. The van der Waals surface area contributed by atoms with Gasteiger partial charge in [0, 0.05) is 75.0 Å². The van der Waals surface area contributed by atoms with Crippen LogP contribution in [0, 0.1) is 17.8 Å². The zero-order chi connectivity index (χ0) is 31.1. The lowest BCUT2D eigenvalue weighted by Crippen LogP contribution is -2.51. The second-order valence-electron chi connectivity index (χ2n) is 12.0. The van der Waals surface area contributed by atoms with E-state index < -0.39 is 6.04 Å². The Labute approximate surface area is 260 Å². The quantitative estimate of drug-likeness (QED) is 0.330. The number of carbonyl (C=O) groups is 4. The van der Waals surface area contributed by atoms with Crippen LogP contribution in [0.25, 0.3) is 0 Å². The molecule has 2 fully saturated rings. The van der Waals surface area contributed by atoms with E-state index >= 15 is 0 Å². The summed E-state index contributed by atoms with van der Waals surface area (Å²) in [5.74, 6) is 6.72. The smallest absolute Gasteiger partial charge is 0.255 e. The molecule has 2 amide bonds. The highest BCUT2D eigenvalue weighted by molar-refractivity contribution is 6.01. The molecular formula is C35H43N5O4. The van der Waals surface area contributed by atoms with Gasteiger partial charge in [-0.05, 0) is 80.3 Å². The fourth-order valence-electron chi connectivity index (χ4n) is 6.83. The van der Waals surface area contributed by atoms with Gasteiger partial charge in [-0.3, -0.25) is 19.3 Å². The molecule has 0 radical (unpaired) electrons. The van der Waals surface area contributed by atoms with Crippen molar-refractivity contribution in [1.82, 2.24) is 20.1 Å². The Hall–Kier alpha value is -4.03. The standard InChI is InChI=1S/C35H43N5O4/c1-3-5-32-26(24-42)10-12-28(37-32)11-7-25-8-13-29(14-9-25)38-17-19-39(20-18-38)30-15-16-31-27(22-30)23-40(35(31)44)33(6-4-21-41)34(43)36-2/h10,12,15-16,21-22,24-25,29,33H,3-6,8-9,13-14,17-20,23H2,1-2H3,(H,36,43). The highest BCUT2D eigenvalue weighted by Gasteiger charge is 2.36. The predicted molar refractivity (Wildman–Crippen MR) is 169 cm³/mol. The highest BCUT2D eigenvalue weighted by Crippen LogP contribution is 2.32. The Morgan fingerprint density at radius 2 is 1.86 bits per heavy atom. The number of aryl methyl sites for hydroxylation is 1. The lowest BCUT2D eigenvalue weighted by atomic mass is 9.85. The van der Waals surface area contributed by atoms with Gasteiger partial charge in [0.1, 0.15) is 18.0 Å². The van der Waals surface area contributed by atoms with Gasteiger partial charge in [0.2, 0.25) is 5.91 Å². The maximum atomic E-state index is 13.1. The maximum Gasteiger partial charge on any atom is 0.255 e. The van der Waals surface area contributed by atoms with E-state index in [2.05, 4.69) is 44.9 Å². The van der Waals surface area contributed by atoms with Crippen LogP contribution in [0.1, 0.15) is 89.5 Å². The lowest BCUT2D eigenvalue weighted by Gasteiger charge is -2.42. The van der Waals surface area contributed by atoms with Gasteiger partial charge in [-0.15, -0.1) is 0 Å². The number of aldehydes is 2. The van der Waals surface area contributed by atoms with Gasteiger partial charge >= 0.3 is 0 Å². The molecular weight excluding hydrogens is 554 g/mol. The molecule has 2 aliphatic heterocycles. The van der Waals surface area contributed by atoms with Crippen LogP contribution in [-0.4, -0.2) is 84.5 Å². The molecule has 1 saturated heterocycles. The molecule has 9 nitrogen and oxygen atoms in total. The third-order valence-corrected chi connectivity index (χ3v) is 9.32. The molecule has 0 spiro atoms. The monoisotopic (exact) mass is 597 g/mol. The largest absolute Gasteiger partial charge is 0.369 e. The molecule has 2 aromatic rings. The first kappa shape index (κ1) is 31.4. The molecule has 9 heteroatoms. The fourth-order valence-corrected chi connectivity index (χ4v) is 6.83. The lowest BCUT2D eigenvalue weighted by molar-refractivity contribution is -0.125. The van der Waals surface area contributed by atoms with Crippen molar-refractivity contribution in [2.75, 3.05) is 38.1 Å². The first-order valence-corrected chi connectivity index (χ1v) is 16.0. The number of nitrogens with one attached hydrogen (secondary N) is 1. The van der Waals surface area contributed by atoms with Gasteiger partial charge in [0.15, 0.2) is 6.29 Å². The van der Waals surface area contributed by atoms with Crippen LogP contribution in [0.2, 0.25) is 0 Å². The highest BCUT2D eigenvalue weighted by atomic mass is 16.2. The van der Waals surface area contributed by atoms with Gasteiger partial charge < -0.3 is 19.9 Å². The van der Waals surface area contributed by atoms with Gasteiger partial charge in [-0.25, -0.2) is 4.98 Å². The SMILES string of the molecule is CCCc1nc(C#CC2CCC(N3CCN(c4ccc5c(c4)CN(C(CCC=O)C(=O)NC)C5=O)CC3)CC2)ccc1C=O. The second-order valence-corrected chi connectivity index (χ2v) is 12.0. The first-order valence-electron chi connectivity index (χ1n) is 16.0. The molecule has 3 heterocycles. The van der Waals surface area contributed by atoms with Crippen molar-refractivity contribution in [2.45, 2.75) is 76.9 Å². The van der Waals surface area contributed by atoms with E-state index in [4.69, 9.17) is 0 Å². The molecule has 232 valence electrons. The molecule has 1 atom stereocenters. The van der Waals surface area contributed by atoms with Crippen molar-refractivity contribution >= 4 is 30.1 Å². The number of hydrogen-bond donors (Lipinski definition) is 1. The number of hydrogen-bond acceptors (Lipinski definition) is 7. The van der Waals surface area contributed by atoms with E-state index in [-0.39, 0.29) is 18.2 Å². The minimum absolute atomic E-state index is 0.149.